The van der Waals surface area contributed by atoms with Gasteiger partial charge in [-0.25, -0.2) is 4.31 Å². The molecule has 1 aliphatic carbocycles. The van der Waals surface area contributed by atoms with Gasteiger partial charge in [-0.3, -0.25) is 4.79 Å². The molecule has 164 valence electrons. The Morgan fingerprint density at radius 2 is 1.69 bits per heavy atom. The van der Waals surface area contributed by atoms with Gasteiger partial charge in [0.2, 0.25) is 11.7 Å². The van der Waals surface area contributed by atoms with E-state index in [4.69, 9.17) is 9.51 Å². The molecule has 3 aliphatic rings. The molecule has 0 radical (unpaired) electrons. The van der Waals surface area contributed by atoms with Crippen LogP contribution in [0, 0.1) is 5.92 Å². The van der Waals surface area contributed by atoms with Crippen LogP contribution >= 0.6 is 11.9 Å². The topological polar surface area (TPSA) is 62.5 Å². The molecule has 3 aromatic rings. The lowest BCUT2D eigenvalue weighted by molar-refractivity contribution is -0.133. The van der Waals surface area contributed by atoms with E-state index >= 15 is 0 Å². The van der Waals surface area contributed by atoms with Gasteiger partial charge in [0.05, 0.1) is 0 Å². The summed E-state index contributed by atoms with van der Waals surface area (Å²) in [5.41, 5.74) is 7.19. The van der Waals surface area contributed by atoms with E-state index in [0.29, 0.717) is 24.2 Å². The maximum absolute atomic E-state index is 12.4. The van der Waals surface area contributed by atoms with Crippen LogP contribution in [0.1, 0.15) is 35.1 Å². The van der Waals surface area contributed by atoms with Crippen molar-refractivity contribution in [3.05, 3.63) is 58.7 Å². The summed E-state index contributed by atoms with van der Waals surface area (Å²) in [4.78, 5) is 19.1. The summed E-state index contributed by atoms with van der Waals surface area (Å²) in [6.45, 7) is 3.55. The monoisotopic (exact) mass is 446 g/mol. The van der Waals surface area contributed by atoms with Crippen LogP contribution < -0.4 is 0 Å². The van der Waals surface area contributed by atoms with Gasteiger partial charge in [0.25, 0.3) is 5.89 Å². The summed E-state index contributed by atoms with van der Waals surface area (Å²) in [6.07, 6.45) is 6.16. The van der Waals surface area contributed by atoms with Gasteiger partial charge in [-0.1, -0.05) is 35.3 Å². The fourth-order valence-corrected chi connectivity index (χ4v) is 5.28. The Morgan fingerprint density at radius 1 is 0.969 bits per heavy atom. The van der Waals surface area contributed by atoms with E-state index in [9.17, 15) is 4.79 Å². The number of aromatic nitrogens is 2. The molecule has 1 saturated carbocycles. The van der Waals surface area contributed by atoms with E-state index in [1.807, 2.05) is 11.0 Å². The number of carbonyl (C=O) groups excluding carboxylic acids is 1. The highest BCUT2D eigenvalue weighted by Crippen LogP contribution is 2.34. The minimum absolute atomic E-state index is 0.278. The zero-order chi connectivity index (χ0) is 21.7. The molecule has 32 heavy (non-hydrogen) atoms. The smallest absolute Gasteiger partial charge is 0.258 e. The van der Waals surface area contributed by atoms with E-state index < -0.39 is 0 Å². The van der Waals surface area contributed by atoms with Gasteiger partial charge in [0, 0.05) is 43.2 Å². The number of carbonyl (C=O) groups is 1. The minimum atomic E-state index is 0.278. The van der Waals surface area contributed by atoms with Crippen molar-refractivity contribution >= 4 is 17.9 Å². The molecule has 1 aromatic heterocycles. The predicted molar refractivity (Wildman–Crippen MR) is 125 cm³/mol. The third-order valence-electron chi connectivity index (χ3n) is 6.83. The first-order valence-electron chi connectivity index (χ1n) is 11.3. The normalized spacial score (nSPS) is 18.3. The van der Waals surface area contributed by atoms with Gasteiger partial charge in [0.15, 0.2) is 0 Å². The van der Waals surface area contributed by atoms with Crippen LogP contribution in [0.4, 0.5) is 0 Å². The van der Waals surface area contributed by atoms with Crippen LogP contribution in [-0.4, -0.2) is 44.6 Å². The Bertz CT molecular complexity index is 1190. The second-order valence-corrected chi connectivity index (χ2v) is 9.85. The third-order valence-corrected chi connectivity index (χ3v) is 7.66. The number of benzene rings is 2. The molecule has 6 rings (SSSR count). The van der Waals surface area contributed by atoms with E-state index in [2.05, 4.69) is 46.0 Å². The molecule has 0 atom stereocenters. The molecule has 0 spiro atoms. The van der Waals surface area contributed by atoms with Gasteiger partial charge in [0.1, 0.15) is 0 Å². The standard InChI is InChI=1S/C25H26N4O2S/c1-32-29-11-9-18-12-19(4-6-22(18)15-29)23-26-24(31-27-23)20-5-7-21-14-28(10-8-17(21)13-20)25(30)16-2-3-16/h4-7,12-13,16H,2-3,8-11,14-15H2,1H3. The fraction of sp³-hybridized carbons (Fsp3) is 0.400. The van der Waals surface area contributed by atoms with Crippen molar-refractivity contribution in [3.8, 4) is 22.8 Å². The van der Waals surface area contributed by atoms with E-state index in [1.54, 1.807) is 11.9 Å². The first-order chi connectivity index (χ1) is 15.7. The zero-order valence-electron chi connectivity index (χ0n) is 18.2. The van der Waals surface area contributed by atoms with Crippen LogP contribution in [0.2, 0.25) is 0 Å². The number of nitrogens with zero attached hydrogens (tertiary/aromatic N) is 4. The lowest BCUT2D eigenvalue weighted by Gasteiger charge is -2.29. The molecule has 0 bridgehead atoms. The molecule has 2 aromatic carbocycles. The maximum atomic E-state index is 12.4. The van der Waals surface area contributed by atoms with E-state index in [0.717, 1.165) is 56.4 Å². The Hall–Kier alpha value is -2.64. The summed E-state index contributed by atoms with van der Waals surface area (Å²) in [5.74, 6) is 1.78. The molecule has 0 unspecified atom stereocenters. The Morgan fingerprint density at radius 3 is 2.47 bits per heavy atom. The van der Waals surface area contributed by atoms with Crippen LogP contribution in [-0.2, 0) is 30.7 Å². The molecule has 0 N–H and O–H groups in total. The highest BCUT2D eigenvalue weighted by molar-refractivity contribution is 7.96. The lowest BCUT2D eigenvalue weighted by Crippen LogP contribution is -2.36. The molecule has 2 aliphatic heterocycles. The zero-order valence-corrected chi connectivity index (χ0v) is 19.0. The minimum Gasteiger partial charge on any atom is -0.338 e. The number of hydrogen-bond acceptors (Lipinski definition) is 6. The van der Waals surface area contributed by atoms with Gasteiger partial charge >= 0.3 is 0 Å². The van der Waals surface area contributed by atoms with Crippen molar-refractivity contribution in [3.63, 3.8) is 0 Å². The number of amides is 1. The number of fused-ring (bicyclic) bond motifs is 2. The largest absolute Gasteiger partial charge is 0.338 e. The quantitative estimate of drug-likeness (QED) is 0.556. The summed E-state index contributed by atoms with van der Waals surface area (Å²) >= 11 is 1.80. The molecule has 3 heterocycles. The lowest BCUT2D eigenvalue weighted by atomic mass is 9.97. The Labute approximate surface area is 192 Å². The van der Waals surface area contributed by atoms with E-state index in [1.165, 1.54) is 22.3 Å². The fourth-order valence-electron chi connectivity index (χ4n) is 4.74. The molecule has 7 heteroatoms. The maximum Gasteiger partial charge on any atom is 0.258 e. The van der Waals surface area contributed by atoms with Crippen LogP contribution in [0.5, 0.6) is 0 Å². The van der Waals surface area contributed by atoms with Crippen molar-refractivity contribution in [1.29, 1.82) is 0 Å². The van der Waals surface area contributed by atoms with Crippen molar-refractivity contribution in [2.75, 3.05) is 19.3 Å². The highest BCUT2D eigenvalue weighted by Gasteiger charge is 2.34. The Kier molecular flexibility index (Phi) is 5.03. The number of hydrogen-bond donors (Lipinski definition) is 0. The van der Waals surface area contributed by atoms with E-state index in [-0.39, 0.29) is 5.92 Å². The molecular weight excluding hydrogens is 420 g/mol. The first-order valence-corrected chi connectivity index (χ1v) is 12.5. The SMILES string of the molecule is CSN1CCc2cc(-c3noc(-c4ccc5c(c4)CCN(C(=O)C4CC4)C5)n3)ccc2C1. The predicted octanol–water partition coefficient (Wildman–Crippen LogP) is 4.33. The third kappa shape index (κ3) is 3.73. The highest BCUT2D eigenvalue weighted by atomic mass is 32.2. The van der Waals surface area contributed by atoms with Gasteiger partial charge in [-0.15, -0.1) is 0 Å². The van der Waals surface area contributed by atoms with Crippen molar-refractivity contribution in [1.82, 2.24) is 19.3 Å². The summed E-state index contributed by atoms with van der Waals surface area (Å²) in [6, 6.07) is 12.8. The van der Waals surface area contributed by atoms with Crippen molar-refractivity contribution in [2.45, 2.75) is 38.8 Å². The molecule has 0 saturated heterocycles. The molecule has 1 amide bonds. The summed E-state index contributed by atoms with van der Waals surface area (Å²) < 4.78 is 8.02. The molecular formula is C25H26N4O2S. The number of rotatable bonds is 4. The Balaban J connectivity index is 1.21. The second kappa shape index (κ2) is 8.05. The summed E-state index contributed by atoms with van der Waals surface area (Å²) in [5, 5.41) is 4.26. The van der Waals surface area contributed by atoms with Crippen molar-refractivity contribution in [2.24, 2.45) is 5.92 Å². The molecule has 6 nitrogen and oxygen atoms in total. The van der Waals surface area contributed by atoms with Crippen LogP contribution in [0.25, 0.3) is 22.8 Å². The van der Waals surface area contributed by atoms with Crippen LogP contribution in [0.15, 0.2) is 40.9 Å². The van der Waals surface area contributed by atoms with Gasteiger partial charge < -0.3 is 9.42 Å². The average molecular weight is 447 g/mol. The van der Waals surface area contributed by atoms with Crippen LogP contribution in [0.3, 0.4) is 0 Å². The average Bonchev–Trinajstić information content (AvgIpc) is 3.58. The first kappa shape index (κ1) is 20.0. The molecule has 1 fully saturated rings. The second-order valence-electron chi connectivity index (χ2n) is 8.97. The van der Waals surface area contributed by atoms with Gasteiger partial charge in [-0.05, 0) is 72.4 Å². The summed E-state index contributed by atoms with van der Waals surface area (Å²) in [7, 11) is 0. The van der Waals surface area contributed by atoms with Crippen molar-refractivity contribution < 1.29 is 9.32 Å². The van der Waals surface area contributed by atoms with Gasteiger partial charge in [-0.2, -0.15) is 4.98 Å².